The van der Waals surface area contributed by atoms with Crippen LogP contribution in [-0.2, 0) is 7.05 Å². The lowest BCUT2D eigenvalue weighted by molar-refractivity contribution is 0.0686. The van der Waals surface area contributed by atoms with Crippen LogP contribution in [0.15, 0.2) is 24.4 Å². The van der Waals surface area contributed by atoms with Gasteiger partial charge >= 0.3 is 5.97 Å². The van der Waals surface area contributed by atoms with Crippen molar-refractivity contribution in [1.82, 2.24) is 4.57 Å². The summed E-state index contributed by atoms with van der Waals surface area (Å²) in [6.07, 6.45) is 1.17. The smallest absolute Gasteiger partial charge is 0.352 e. The highest BCUT2D eigenvalue weighted by Crippen LogP contribution is 2.19. The van der Waals surface area contributed by atoms with Crippen molar-refractivity contribution in [3.8, 4) is 0 Å². The first-order chi connectivity index (χ1) is 9.32. The molecule has 0 radical (unpaired) electrons. The second-order valence-corrected chi connectivity index (χ2v) is 4.08. The van der Waals surface area contributed by atoms with Crippen molar-refractivity contribution < 1.29 is 27.9 Å². The molecule has 0 saturated heterocycles. The van der Waals surface area contributed by atoms with Gasteiger partial charge in [-0.25, -0.2) is 18.0 Å². The summed E-state index contributed by atoms with van der Waals surface area (Å²) in [5.41, 5.74) is -0.974. The Kier molecular flexibility index (Phi) is 3.35. The van der Waals surface area contributed by atoms with Gasteiger partial charge in [0.05, 0.1) is 5.56 Å². The van der Waals surface area contributed by atoms with Crippen LogP contribution >= 0.6 is 0 Å². The predicted molar refractivity (Wildman–Crippen MR) is 62.1 cm³/mol. The van der Waals surface area contributed by atoms with E-state index in [4.69, 9.17) is 5.11 Å². The Bertz CT molecular complexity index is 722. The maximum absolute atomic E-state index is 13.5. The first-order valence-electron chi connectivity index (χ1n) is 5.40. The van der Waals surface area contributed by atoms with E-state index in [1.807, 2.05) is 0 Å². The molecule has 20 heavy (non-hydrogen) atoms. The van der Waals surface area contributed by atoms with Crippen LogP contribution in [0.3, 0.4) is 0 Å². The molecule has 4 nitrogen and oxygen atoms in total. The zero-order chi connectivity index (χ0) is 15.0. The predicted octanol–water partition coefficient (Wildman–Crippen LogP) is 2.37. The average molecular weight is 283 g/mol. The molecule has 0 bridgehead atoms. The Hall–Kier alpha value is -2.57. The van der Waals surface area contributed by atoms with Crippen LogP contribution in [0.25, 0.3) is 0 Å². The van der Waals surface area contributed by atoms with Crippen LogP contribution in [0.5, 0.6) is 0 Å². The maximum Gasteiger partial charge on any atom is 0.352 e. The Balaban J connectivity index is 2.50. The van der Waals surface area contributed by atoms with E-state index < -0.39 is 34.8 Å². The number of carboxylic acids is 1. The summed E-state index contributed by atoms with van der Waals surface area (Å²) < 4.78 is 40.5. The van der Waals surface area contributed by atoms with E-state index in [0.29, 0.717) is 6.07 Å². The number of carbonyl (C=O) groups excluding carboxylic acids is 1. The van der Waals surface area contributed by atoms with Crippen molar-refractivity contribution in [2.45, 2.75) is 0 Å². The quantitative estimate of drug-likeness (QED) is 0.695. The zero-order valence-electron chi connectivity index (χ0n) is 10.2. The molecule has 0 aliphatic rings. The van der Waals surface area contributed by atoms with Crippen LogP contribution in [0.4, 0.5) is 13.2 Å². The lowest BCUT2D eigenvalue weighted by Gasteiger charge is -2.02. The third-order valence-electron chi connectivity index (χ3n) is 2.77. The van der Waals surface area contributed by atoms with Crippen molar-refractivity contribution in [2.75, 3.05) is 0 Å². The third kappa shape index (κ3) is 2.18. The van der Waals surface area contributed by atoms with Crippen molar-refractivity contribution in [3.05, 3.63) is 58.7 Å². The Morgan fingerprint density at radius 1 is 1.15 bits per heavy atom. The van der Waals surface area contributed by atoms with Gasteiger partial charge in [0.15, 0.2) is 23.2 Å². The minimum atomic E-state index is -1.75. The Labute approximate surface area is 111 Å². The molecule has 2 aromatic rings. The number of ketones is 1. The van der Waals surface area contributed by atoms with Gasteiger partial charge in [0.1, 0.15) is 5.69 Å². The van der Waals surface area contributed by atoms with Gasteiger partial charge in [0.2, 0.25) is 0 Å². The lowest BCUT2D eigenvalue weighted by atomic mass is 10.0. The number of aromatic carboxylic acids is 1. The molecule has 2 rings (SSSR count). The molecule has 1 N–H and O–H groups in total. The summed E-state index contributed by atoms with van der Waals surface area (Å²) in [5.74, 6) is -6.94. The van der Waals surface area contributed by atoms with Gasteiger partial charge in [0, 0.05) is 18.8 Å². The molecular formula is C13H8F3NO3. The van der Waals surface area contributed by atoms with Gasteiger partial charge in [-0.2, -0.15) is 0 Å². The first-order valence-corrected chi connectivity index (χ1v) is 5.40. The van der Waals surface area contributed by atoms with Crippen LogP contribution in [0, 0.1) is 17.5 Å². The molecule has 0 atom stereocenters. The fraction of sp³-hybridized carbons (Fsp3) is 0.0769. The van der Waals surface area contributed by atoms with Crippen LogP contribution in [-0.4, -0.2) is 21.4 Å². The SMILES string of the molecule is Cn1cc(C(=O)c2ccc(F)c(F)c2F)cc1C(=O)O. The van der Waals surface area contributed by atoms with E-state index in [0.717, 1.165) is 16.7 Å². The summed E-state index contributed by atoms with van der Waals surface area (Å²) in [5, 5.41) is 8.85. The summed E-state index contributed by atoms with van der Waals surface area (Å²) in [6, 6.07) is 2.47. The van der Waals surface area contributed by atoms with E-state index in [1.165, 1.54) is 13.2 Å². The number of nitrogens with zero attached hydrogens (tertiary/aromatic N) is 1. The second-order valence-electron chi connectivity index (χ2n) is 4.08. The van der Waals surface area contributed by atoms with Gasteiger partial charge in [0.25, 0.3) is 0 Å². The van der Waals surface area contributed by atoms with Gasteiger partial charge in [-0.1, -0.05) is 0 Å². The Morgan fingerprint density at radius 3 is 2.35 bits per heavy atom. The summed E-state index contributed by atoms with van der Waals surface area (Å²) in [6.45, 7) is 0. The molecular weight excluding hydrogens is 275 g/mol. The van der Waals surface area contributed by atoms with E-state index in [9.17, 15) is 22.8 Å². The van der Waals surface area contributed by atoms with E-state index in [-0.39, 0.29) is 11.3 Å². The molecule has 7 heteroatoms. The minimum Gasteiger partial charge on any atom is -0.477 e. The third-order valence-corrected chi connectivity index (χ3v) is 2.77. The monoisotopic (exact) mass is 283 g/mol. The minimum absolute atomic E-state index is 0.130. The number of aromatic nitrogens is 1. The molecule has 0 aliphatic heterocycles. The largest absolute Gasteiger partial charge is 0.477 e. The number of carboxylic acid groups (broad SMARTS) is 1. The maximum atomic E-state index is 13.5. The van der Waals surface area contributed by atoms with Gasteiger partial charge in [-0.3, -0.25) is 4.79 Å². The molecule has 0 aliphatic carbocycles. The summed E-state index contributed by atoms with van der Waals surface area (Å²) in [7, 11) is 1.39. The summed E-state index contributed by atoms with van der Waals surface area (Å²) in [4.78, 5) is 22.8. The molecule has 0 unspecified atom stereocenters. The number of carbonyl (C=O) groups is 2. The molecule has 0 saturated carbocycles. The topological polar surface area (TPSA) is 59.3 Å². The number of rotatable bonds is 3. The van der Waals surface area contributed by atoms with Crippen LogP contribution < -0.4 is 0 Å². The molecule has 0 amide bonds. The fourth-order valence-electron chi connectivity index (χ4n) is 1.76. The highest BCUT2D eigenvalue weighted by molar-refractivity contribution is 6.10. The van der Waals surface area contributed by atoms with E-state index >= 15 is 0 Å². The number of aryl methyl sites for hydroxylation is 1. The van der Waals surface area contributed by atoms with Crippen molar-refractivity contribution in [2.24, 2.45) is 7.05 Å². The average Bonchev–Trinajstić information content (AvgIpc) is 2.78. The zero-order valence-corrected chi connectivity index (χ0v) is 10.2. The fourth-order valence-corrected chi connectivity index (χ4v) is 1.76. The molecule has 1 aromatic carbocycles. The highest BCUT2D eigenvalue weighted by atomic mass is 19.2. The van der Waals surface area contributed by atoms with E-state index in [1.54, 1.807) is 0 Å². The van der Waals surface area contributed by atoms with Crippen molar-refractivity contribution in [3.63, 3.8) is 0 Å². The van der Waals surface area contributed by atoms with Crippen LogP contribution in [0.1, 0.15) is 26.4 Å². The molecule has 104 valence electrons. The standard InChI is InChI=1S/C13H8F3NO3/c1-17-5-6(4-9(17)13(19)20)12(18)7-2-3-8(14)11(16)10(7)15/h2-5H,1H3,(H,19,20). The molecule has 1 heterocycles. The number of hydrogen-bond acceptors (Lipinski definition) is 2. The van der Waals surface area contributed by atoms with Crippen LogP contribution in [0.2, 0.25) is 0 Å². The number of benzene rings is 1. The number of hydrogen-bond donors (Lipinski definition) is 1. The van der Waals surface area contributed by atoms with Gasteiger partial charge in [-0.05, 0) is 18.2 Å². The molecule has 1 aromatic heterocycles. The lowest BCUT2D eigenvalue weighted by Crippen LogP contribution is -2.06. The summed E-state index contributed by atoms with van der Waals surface area (Å²) >= 11 is 0. The normalized spacial score (nSPS) is 10.6. The molecule has 0 fully saturated rings. The first kappa shape index (κ1) is 13.9. The van der Waals surface area contributed by atoms with E-state index in [2.05, 4.69) is 0 Å². The van der Waals surface area contributed by atoms with Gasteiger partial charge in [-0.15, -0.1) is 0 Å². The highest BCUT2D eigenvalue weighted by Gasteiger charge is 2.22. The number of halogens is 3. The van der Waals surface area contributed by atoms with Gasteiger partial charge < -0.3 is 9.67 Å². The second kappa shape index (κ2) is 4.84. The molecule has 0 spiro atoms. The Morgan fingerprint density at radius 2 is 1.80 bits per heavy atom. The van der Waals surface area contributed by atoms with Crippen molar-refractivity contribution >= 4 is 11.8 Å². The van der Waals surface area contributed by atoms with Crippen molar-refractivity contribution in [1.29, 1.82) is 0 Å².